The summed E-state index contributed by atoms with van der Waals surface area (Å²) in [6.07, 6.45) is 4.60. The molecule has 0 aromatic rings. The molecule has 0 aliphatic heterocycles. The van der Waals surface area contributed by atoms with E-state index < -0.39 is 23.0 Å². The molecule has 3 fully saturated rings. The Morgan fingerprint density at radius 1 is 1.22 bits per heavy atom. The highest BCUT2D eigenvalue weighted by Gasteiger charge is 2.67. The second-order valence-corrected chi connectivity index (χ2v) is 9.10. The van der Waals surface area contributed by atoms with Crippen LogP contribution in [0.25, 0.3) is 0 Å². The monoisotopic (exact) mass is 320 g/mol. The summed E-state index contributed by atoms with van der Waals surface area (Å²) in [5, 5.41) is 22.3. The van der Waals surface area contributed by atoms with Gasteiger partial charge < -0.3 is 10.2 Å². The lowest BCUT2D eigenvalue weighted by atomic mass is 9.44. The normalized spacial score (nSPS) is 56.6. The molecule has 3 aliphatic rings. The fourth-order valence-corrected chi connectivity index (χ4v) is 6.37. The van der Waals surface area contributed by atoms with E-state index >= 15 is 0 Å². The second-order valence-electron chi connectivity index (χ2n) is 9.10. The largest absolute Gasteiger partial charge is 0.392 e. The van der Waals surface area contributed by atoms with Crippen LogP contribution in [0, 0.1) is 34.0 Å². The number of aliphatic hydroxyl groups excluding tert-OH is 2. The Bertz CT molecular complexity index is 529. The van der Waals surface area contributed by atoms with E-state index in [0.717, 1.165) is 19.3 Å². The first-order valence-corrected chi connectivity index (χ1v) is 9.16. The van der Waals surface area contributed by atoms with E-state index in [1.54, 1.807) is 0 Å². The van der Waals surface area contributed by atoms with Crippen molar-refractivity contribution in [3.63, 3.8) is 0 Å². The summed E-state index contributed by atoms with van der Waals surface area (Å²) in [6, 6.07) is 0. The maximum atomic E-state index is 12.8. The van der Waals surface area contributed by atoms with Crippen molar-refractivity contribution in [1.82, 2.24) is 0 Å². The summed E-state index contributed by atoms with van der Waals surface area (Å²) < 4.78 is 0. The first-order chi connectivity index (χ1) is 10.6. The summed E-state index contributed by atoms with van der Waals surface area (Å²) in [6.45, 7) is 12.4. The lowest BCUT2D eigenvalue weighted by Gasteiger charge is -2.61. The van der Waals surface area contributed by atoms with Crippen molar-refractivity contribution >= 4 is 5.78 Å². The number of rotatable bonds is 1. The van der Waals surface area contributed by atoms with Crippen molar-refractivity contribution in [2.75, 3.05) is 0 Å². The molecule has 3 nitrogen and oxygen atoms in total. The maximum Gasteiger partial charge on any atom is 0.137 e. The van der Waals surface area contributed by atoms with Crippen LogP contribution in [0.2, 0.25) is 0 Å². The number of ketones is 1. The molecule has 4 unspecified atom stereocenters. The Morgan fingerprint density at radius 2 is 1.87 bits per heavy atom. The van der Waals surface area contributed by atoms with Crippen molar-refractivity contribution < 1.29 is 15.0 Å². The van der Waals surface area contributed by atoms with Crippen LogP contribution in [0.1, 0.15) is 59.8 Å². The van der Waals surface area contributed by atoms with Gasteiger partial charge in [-0.3, -0.25) is 4.79 Å². The van der Waals surface area contributed by atoms with Crippen molar-refractivity contribution in [2.45, 2.75) is 72.0 Å². The molecule has 0 spiro atoms. The molecule has 3 heteroatoms. The fourth-order valence-electron chi connectivity index (χ4n) is 6.37. The first-order valence-electron chi connectivity index (χ1n) is 9.16. The molecule has 2 N–H and O–H groups in total. The van der Waals surface area contributed by atoms with Gasteiger partial charge in [-0.15, -0.1) is 6.58 Å². The zero-order valence-corrected chi connectivity index (χ0v) is 15.0. The number of aliphatic hydroxyl groups is 2. The van der Waals surface area contributed by atoms with Gasteiger partial charge in [0.15, 0.2) is 0 Å². The third-order valence-corrected chi connectivity index (χ3v) is 8.33. The van der Waals surface area contributed by atoms with E-state index in [-0.39, 0.29) is 17.3 Å². The number of carbonyl (C=O) groups is 1. The minimum Gasteiger partial charge on any atom is -0.392 e. The quantitative estimate of drug-likeness (QED) is 0.729. The SMILES string of the molecule is C=C[C@]1(C)CC(O)[C@]2(C)C(C)CC[C@]3(CCC(=O)C23)[C@@H](C)C1O. The van der Waals surface area contributed by atoms with Crippen LogP contribution in [0.3, 0.4) is 0 Å². The average Bonchev–Trinajstić information content (AvgIpc) is 2.87. The van der Waals surface area contributed by atoms with Gasteiger partial charge in [-0.05, 0) is 42.9 Å². The van der Waals surface area contributed by atoms with E-state index in [1.165, 1.54) is 0 Å². The smallest absolute Gasteiger partial charge is 0.137 e. The highest BCUT2D eigenvalue weighted by molar-refractivity contribution is 5.85. The molecule has 23 heavy (non-hydrogen) atoms. The summed E-state index contributed by atoms with van der Waals surface area (Å²) in [5.74, 6) is 0.544. The maximum absolute atomic E-state index is 12.8. The van der Waals surface area contributed by atoms with E-state index in [4.69, 9.17) is 0 Å². The molecule has 0 amide bonds. The van der Waals surface area contributed by atoms with E-state index in [1.807, 2.05) is 13.0 Å². The van der Waals surface area contributed by atoms with Gasteiger partial charge in [0.1, 0.15) is 5.78 Å². The van der Waals surface area contributed by atoms with Crippen LogP contribution in [0.15, 0.2) is 12.7 Å². The van der Waals surface area contributed by atoms with Crippen LogP contribution < -0.4 is 0 Å². The Labute approximate surface area is 140 Å². The average molecular weight is 320 g/mol. The van der Waals surface area contributed by atoms with Crippen molar-refractivity contribution in [2.24, 2.45) is 34.0 Å². The van der Waals surface area contributed by atoms with Gasteiger partial charge in [-0.1, -0.05) is 33.8 Å². The topological polar surface area (TPSA) is 57.5 Å². The second kappa shape index (κ2) is 5.16. The molecule has 3 rings (SSSR count). The zero-order chi connectivity index (χ0) is 17.2. The Morgan fingerprint density at radius 3 is 2.48 bits per heavy atom. The van der Waals surface area contributed by atoms with Crippen molar-refractivity contribution in [3.05, 3.63) is 12.7 Å². The lowest BCUT2D eigenvalue weighted by molar-refractivity contribution is -0.191. The third kappa shape index (κ3) is 1.99. The van der Waals surface area contributed by atoms with Crippen LogP contribution in [0.4, 0.5) is 0 Å². The third-order valence-electron chi connectivity index (χ3n) is 8.33. The number of Topliss-reactive ketones (excluding diaryl/α,β-unsaturated/α-hetero) is 1. The summed E-state index contributed by atoms with van der Waals surface area (Å²) in [4.78, 5) is 12.8. The predicted octanol–water partition coefficient (Wildman–Crippen LogP) is 3.34. The zero-order valence-electron chi connectivity index (χ0n) is 15.0. The molecule has 2 bridgehead atoms. The molecular weight excluding hydrogens is 288 g/mol. The van der Waals surface area contributed by atoms with Gasteiger partial charge in [0.2, 0.25) is 0 Å². The molecule has 3 aliphatic carbocycles. The Kier molecular flexibility index (Phi) is 3.85. The fraction of sp³-hybridized carbons (Fsp3) is 0.850. The lowest BCUT2D eigenvalue weighted by Crippen LogP contribution is -2.62. The molecule has 0 aromatic carbocycles. The van der Waals surface area contributed by atoms with Crippen LogP contribution in [0.5, 0.6) is 0 Å². The molecule has 3 saturated carbocycles. The van der Waals surface area contributed by atoms with E-state index in [2.05, 4.69) is 27.4 Å². The molecular formula is C20H32O3. The van der Waals surface area contributed by atoms with Crippen LogP contribution in [-0.2, 0) is 4.79 Å². The van der Waals surface area contributed by atoms with E-state index in [9.17, 15) is 15.0 Å². The standard InChI is InChI=1S/C20H32O3/c1-6-18(4)11-15(22)19(5)12(2)7-9-20(13(3)17(18)23)10-8-14(21)16(19)20/h6,12-13,15-17,22-23H,1,7-11H2,2-5H3/t12?,13-,15?,16?,17?,18+,19-,20-/m0/s1. The minimum atomic E-state index is -0.589. The first kappa shape index (κ1) is 17.2. The molecule has 130 valence electrons. The molecule has 0 aromatic heterocycles. The summed E-state index contributed by atoms with van der Waals surface area (Å²) in [5.41, 5.74) is -1.07. The summed E-state index contributed by atoms with van der Waals surface area (Å²) in [7, 11) is 0. The van der Waals surface area contributed by atoms with Crippen molar-refractivity contribution in [3.8, 4) is 0 Å². The van der Waals surface area contributed by atoms with Gasteiger partial charge in [0.25, 0.3) is 0 Å². The highest BCUT2D eigenvalue weighted by Crippen LogP contribution is 2.67. The van der Waals surface area contributed by atoms with Crippen LogP contribution >= 0.6 is 0 Å². The summed E-state index contributed by atoms with van der Waals surface area (Å²) >= 11 is 0. The number of hydrogen-bond donors (Lipinski definition) is 2. The molecule has 8 atom stereocenters. The van der Waals surface area contributed by atoms with Gasteiger partial charge in [0, 0.05) is 23.2 Å². The van der Waals surface area contributed by atoms with E-state index in [0.29, 0.717) is 24.5 Å². The van der Waals surface area contributed by atoms with Gasteiger partial charge in [-0.25, -0.2) is 0 Å². The van der Waals surface area contributed by atoms with Gasteiger partial charge >= 0.3 is 0 Å². The number of hydrogen-bond acceptors (Lipinski definition) is 3. The number of carbonyl (C=O) groups excluding carboxylic acids is 1. The predicted molar refractivity (Wildman–Crippen MR) is 90.8 cm³/mol. The minimum absolute atomic E-state index is 0.0428. The highest BCUT2D eigenvalue weighted by atomic mass is 16.3. The molecule has 0 saturated heterocycles. The Balaban J connectivity index is 2.21. The Hall–Kier alpha value is -0.670. The molecule has 0 radical (unpaired) electrons. The van der Waals surface area contributed by atoms with Gasteiger partial charge in [-0.2, -0.15) is 0 Å². The van der Waals surface area contributed by atoms with Crippen LogP contribution in [-0.4, -0.2) is 28.2 Å². The van der Waals surface area contributed by atoms with Crippen molar-refractivity contribution in [1.29, 1.82) is 0 Å². The molecule has 0 heterocycles. The van der Waals surface area contributed by atoms with Gasteiger partial charge in [0.05, 0.1) is 12.2 Å².